The van der Waals surface area contributed by atoms with E-state index in [1.54, 1.807) is 24.4 Å². The van der Waals surface area contributed by atoms with Crippen molar-refractivity contribution in [2.24, 2.45) is 0 Å². The monoisotopic (exact) mass is 316 g/mol. The molecule has 7 nitrogen and oxygen atoms in total. The lowest BCUT2D eigenvalue weighted by Crippen LogP contribution is -2.49. The number of amides is 1. The van der Waals surface area contributed by atoms with Crippen LogP contribution in [0.2, 0.25) is 0 Å². The summed E-state index contributed by atoms with van der Waals surface area (Å²) in [5, 5.41) is 3.76. The second kappa shape index (κ2) is 6.36. The topological polar surface area (TPSA) is 81.2 Å². The van der Waals surface area contributed by atoms with Crippen LogP contribution in [0.5, 0.6) is 0 Å². The van der Waals surface area contributed by atoms with Gasteiger partial charge in [0.2, 0.25) is 11.7 Å². The molecule has 2 atom stereocenters. The Hall–Kier alpha value is -2.44. The van der Waals surface area contributed by atoms with Gasteiger partial charge in [0.25, 0.3) is 0 Å². The Kier molecular flexibility index (Phi) is 4.27. The Labute approximate surface area is 133 Å². The molecular formula is C16H20N4O3. The minimum Gasteiger partial charge on any atom is -0.336 e. The summed E-state index contributed by atoms with van der Waals surface area (Å²) in [4.78, 5) is 30.7. The standard InChI is InChI=1S/C16H20N4O3/c1-11-6-5-7-12(2)20(11)14(21)10-19-15(18-23-16(19)22)13-8-3-4-9-17-13/h3-4,8-9,11-12H,5-7,10H2,1-2H3/t11-,12-/m1/s1. The van der Waals surface area contributed by atoms with E-state index in [0.29, 0.717) is 5.69 Å². The molecule has 1 aliphatic rings. The van der Waals surface area contributed by atoms with Crippen LogP contribution >= 0.6 is 0 Å². The van der Waals surface area contributed by atoms with E-state index >= 15 is 0 Å². The molecule has 2 aromatic rings. The van der Waals surface area contributed by atoms with Crippen LogP contribution in [-0.2, 0) is 11.3 Å². The molecule has 0 bridgehead atoms. The van der Waals surface area contributed by atoms with Crippen LogP contribution in [0.15, 0.2) is 33.7 Å². The first-order chi connectivity index (χ1) is 11.1. The Morgan fingerprint density at radius 3 is 2.70 bits per heavy atom. The smallest absolute Gasteiger partial charge is 0.336 e. The van der Waals surface area contributed by atoms with Crippen LogP contribution in [0.3, 0.4) is 0 Å². The maximum absolute atomic E-state index is 12.7. The van der Waals surface area contributed by atoms with Crippen molar-refractivity contribution in [2.45, 2.75) is 51.7 Å². The van der Waals surface area contributed by atoms with Gasteiger partial charge in [0.1, 0.15) is 12.2 Å². The van der Waals surface area contributed by atoms with Gasteiger partial charge in [-0.05, 0) is 45.2 Å². The summed E-state index contributed by atoms with van der Waals surface area (Å²) in [6.45, 7) is 4.01. The number of carbonyl (C=O) groups excluding carboxylic acids is 1. The minimum absolute atomic E-state index is 0.0804. The zero-order valence-electron chi connectivity index (χ0n) is 13.3. The van der Waals surface area contributed by atoms with Gasteiger partial charge in [-0.15, -0.1) is 0 Å². The third-order valence-corrected chi connectivity index (χ3v) is 4.36. The van der Waals surface area contributed by atoms with Gasteiger partial charge in [-0.2, -0.15) is 0 Å². The van der Waals surface area contributed by atoms with E-state index in [2.05, 4.69) is 10.1 Å². The van der Waals surface area contributed by atoms with Crippen LogP contribution < -0.4 is 5.76 Å². The Bertz CT molecular complexity index is 727. The van der Waals surface area contributed by atoms with Gasteiger partial charge in [-0.3, -0.25) is 14.3 Å². The molecule has 0 unspecified atom stereocenters. The van der Waals surface area contributed by atoms with Crippen LogP contribution in [0, 0.1) is 0 Å². The van der Waals surface area contributed by atoms with Gasteiger partial charge >= 0.3 is 5.76 Å². The van der Waals surface area contributed by atoms with Crippen molar-refractivity contribution in [1.82, 2.24) is 19.6 Å². The van der Waals surface area contributed by atoms with E-state index in [1.165, 1.54) is 4.57 Å². The molecule has 3 heterocycles. The highest BCUT2D eigenvalue weighted by molar-refractivity contribution is 5.77. The van der Waals surface area contributed by atoms with Crippen molar-refractivity contribution < 1.29 is 9.32 Å². The zero-order chi connectivity index (χ0) is 16.4. The predicted molar refractivity (Wildman–Crippen MR) is 83.6 cm³/mol. The minimum atomic E-state index is -0.642. The summed E-state index contributed by atoms with van der Waals surface area (Å²) in [6.07, 6.45) is 4.71. The van der Waals surface area contributed by atoms with E-state index in [9.17, 15) is 9.59 Å². The summed E-state index contributed by atoms with van der Waals surface area (Å²) in [5.74, 6) is -0.454. The van der Waals surface area contributed by atoms with Gasteiger partial charge in [0, 0.05) is 18.3 Å². The van der Waals surface area contributed by atoms with Crippen molar-refractivity contribution in [1.29, 1.82) is 0 Å². The van der Waals surface area contributed by atoms with Crippen LogP contribution in [0.25, 0.3) is 11.5 Å². The summed E-state index contributed by atoms with van der Waals surface area (Å²) < 4.78 is 5.99. The number of piperidine rings is 1. The molecule has 23 heavy (non-hydrogen) atoms. The van der Waals surface area contributed by atoms with Crippen molar-refractivity contribution in [3.05, 3.63) is 34.9 Å². The molecule has 3 rings (SSSR count). The van der Waals surface area contributed by atoms with Crippen LogP contribution in [-0.4, -0.2) is 37.6 Å². The first-order valence-corrected chi connectivity index (χ1v) is 7.87. The van der Waals surface area contributed by atoms with Crippen LogP contribution in [0.1, 0.15) is 33.1 Å². The third-order valence-electron chi connectivity index (χ3n) is 4.36. The van der Waals surface area contributed by atoms with Gasteiger partial charge in [0.15, 0.2) is 0 Å². The van der Waals surface area contributed by atoms with E-state index in [4.69, 9.17) is 4.52 Å². The van der Waals surface area contributed by atoms with Gasteiger partial charge in [-0.25, -0.2) is 9.36 Å². The Morgan fingerprint density at radius 2 is 2.04 bits per heavy atom. The van der Waals surface area contributed by atoms with Gasteiger partial charge in [0.05, 0.1) is 0 Å². The van der Waals surface area contributed by atoms with Crippen molar-refractivity contribution >= 4 is 5.91 Å². The Balaban J connectivity index is 1.87. The maximum Gasteiger partial charge on any atom is 0.442 e. The third kappa shape index (κ3) is 3.04. The second-order valence-electron chi connectivity index (χ2n) is 6.00. The molecular weight excluding hydrogens is 296 g/mol. The average molecular weight is 316 g/mol. The number of hydrogen-bond donors (Lipinski definition) is 0. The van der Waals surface area contributed by atoms with E-state index in [-0.39, 0.29) is 30.4 Å². The molecule has 0 saturated carbocycles. The molecule has 1 saturated heterocycles. The summed E-state index contributed by atoms with van der Waals surface area (Å²) >= 11 is 0. The summed E-state index contributed by atoms with van der Waals surface area (Å²) in [6, 6.07) is 5.65. The molecule has 0 aliphatic carbocycles. The lowest BCUT2D eigenvalue weighted by atomic mass is 9.97. The highest BCUT2D eigenvalue weighted by Crippen LogP contribution is 2.23. The van der Waals surface area contributed by atoms with E-state index in [0.717, 1.165) is 19.3 Å². The largest absolute Gasteiger partial charge is 0.442 e. The fourth-order valence-corrected chi connectivity index (χ4v) is 3.22. The number of nitrogens with zero attached hydrogens (tertiary/aromatic N) is 4. The molecule has 0 N–H and O–H groups in total. The molecule has 0 spiro atoms. The molecule has 1 aliphatic heterocycles. The number of aromatic nitrogens is 3. The molecule has 0 radical (unpaired) electrons. The number of likely N-dealkylation sites (tertiary alicyclic amines) is 1. The molecule has 122 valence electrons. The summed E-state index contributed by atoms with van der Waals surface area (Å²) in [5.41, 5.74) is 0.505. The predicted octanol–water partition coefficient (Wildman–Crippen LogP) is 1.69. The maximum atomic E-state index is 12.7. The number of pyridine rings is 1. The Morgan fingerprint density at radius 1 is 1.30 bits per heavy atom. The fraction of sp³-hybridized carbons (Fsp3) is 0.500. The highest BCUT2D eigenvalue weighted by Gasteiger charge is 2.30. The number of rotatable bonds is 3. The first kappa shape index (κ1) is 15.5. The van der Waals surface area contributed by atoms with Crippen molar-refractivity contribution in [3.8, 4) is 11.5 Å². The first-order valence-electron chi connectivity index (χ1n) is 7.87. The fourth-order valence-electron chi connectivity index (χ4n) is 3.22. The molecule has 1 fully saturated rings. The average Bonchev–Trinajstić information content (AvgIpc) is 2.89. The SMILES string of the molecule is C[C@@H]1CCC[C@@H](C)N1C(=O)Cn1c(-c2ccccn2)noc1=O. The van der Waals surface area contributed by atoms with E-state index < -0.39 is 5.76 Å². The van der Waals surface area contributed by atoms with Crippen molar-refractivity contribution in [2.75, 3.05) is 0 Å². The number of hydrogen-bond acceptors (Lipinski definition) is 5. The number of carbonyl (C=O) groups is 1. The molecule has 0 aromatic carbocycles. The second-order valence-corrected chi connectivity index (χ2v) is 6.00. The van der Waals surface area contributed by atoms with Gasteiger partial charge in [-0.1, -0.05) is 11.2 Å². The molecule has 1 amide bonds. The molecule has 7 heteroatoms. The van der Waals surface area contributed by atoms with E-state index in [1.807, 2.05) is 18.7 Å². The molecule has 2 aromatic heterocycles. The highest BCUT2D eigenvalue weighted by atomic mass is 16.5. The quantitative estimate of drug-likeness (QED) is 0.860. The normalized spacial score (nSPS) is 21.4. The van der Waals surface area contributed by atoms with Crippen LogP contribution in [0.4, 0.5) is 0 Å². The zero-order valence-corrected chi connectivity index (χ0v) is 13.3. The lowest BCUT2D eigenvalue weighted by molar-refractivity contribution is -0.138. The summed E-state index contributed by atoms with van der Waals surface area (Å²) in [7, 11) is 0. The van der Waals surface area contributed by atoms with Crippen molar-refractivity contribution in [3.63, 3.8) is 0 Å². The van der Waals surface area contributed by atoms with Gasteiger partial charge < -0.3 is 4.90 Å². The lowest BCUT2D eigenvalue weighted by Gasteiger charge is -2.39.